The van der Waals surface area contributed by atoms with Crippen LogP contribution in [-0.2, 0) is 0 Å². The molecule has 140 valence electrons. The second-order valence-corrected chi connectivity index (χ2v) is 6.03. The molecule has 2 aromatic carbocycles. The Morgan fingerprint density at radius 3 is 1.93 bits per heavy atom. The summed E-state index contributed by atoms with van der Waals surface area (Å²) in [7, 11) is 0. The maximum absolute atomic E-state index is 14.3. The summed E-state index contributed by atoms with van der Waals surface area (Å²) in [5.41, 5.74) is 0.164. The van der Waals surface area contributed by atoms with Crippen molar-refractivity contribution in [2.75, 3.05) is 31.3 Å². The van der Waals surface area contributed by atoms with Gasteiger partial charge in [0.05, 0.1) is 16.8 Å². The fraction of sp³-hybridized carbons (Fsp3) is 0.211. The molecule has 27 heavy (non-hydrogen) atoms. The molecule has 0 bridgehead atoms. The van der Waals surface area contributed by atoms with Gasteiger partial charge in [-0.3, -0.25) is 4.79 Å². The third-order valence-corrected chi connectivity index (χ3v) is 4.38. The van der Waals surface area contributed by atoms with Crippen molar-refractivity contribution in [2.45, 2.75) is 0 Å². The minimum atomic E-state index is -1.18. The number of nitrogens with zero attached hydrogens (tertiary/aromatic N) is 3. The highest BCUT2D eigenvalue weighted by Crippen LogP contribution is 2.18. The van der Waals surface area contributed by atoms with Crippen LogP contribution in [0.15, 0.2) is 54.6 Å². The molecule has 0 aliphatic carbocycles. The Morgan fingerprint density at radius 1 is 0.815 bits per heavy atom. The number of carboxylic acids is 1. The number of piperazine rings is 1. The van der Waals surface area contributed by atoms with Gasteiger partial charge in [-0.15, -0.1) is 5.12 Å². The fourth-order valence-electron chi connectivity index (χ4n) is 2.92. The van der Waals surface area contributed by atoms with Crippen LogP contribution in [0.4, 0.5) is 15.0 Å². The number of hydrogen-bond acceptors (Lipinski definition) is 3. The monoisotopic (exact) mass is 371 g/mol. The van der Waals surface area contributed by atoms with Gasteiger partial charge in [0.1, 0.15) is 0 Å². The number of urea groups is 1. The summed E-state index contributed by atoms with van der Waals surface area (Å²) in [6.07, 6.45) is 0. The van der Waals surface area contributed by atoms with E-state index in [2.05, 4.69) is 0 Å². The number of amides is 3. The highest BCUT2D eigenvalue weighted by Gasteiger charge is 2.29. The number of anilines is 1. The first kappa shape index (κ1) is 18.4. The zero-order valence-corrected chi connectivity index (χ0v) is 14.4. The average molecular weight is 371 g/mol. The lowest BCUT2D eigenvalue weighted by atomic mass is 10.1. The number of carboxylic acid groups (broad SMARTS) is 1. The molecule has 1 heterocycles. The summed E-state index contributed by atoms with van der Waals surface area (Å²) in [4.78, 5) is 39.0. The summed E-state index contributed by atoms with van der Waals surface area (Å²) >= 11 is 0. The maximum atomic E-state index is 14.3. The Balaban J connectivity index is 1.64. The van der Waals surface area contributed by atoms with Gasteiger partial charge in [0.25, 0.3) is 5.91 Å². The topological polar surface area (TPSA) is 81.2 Å². The van der Waals surface area contributed by atoms with Crippen LogP contribution < -0.4 is 5.12 Å². The van der Waals surface area contributed by atoms with Crippen LogP contribution in [0.25, 0.3) is 0 Å². The number of para-hydroxylation sites is 1. The van der Waals surface area contributed by atoms with Crippen molar-refractivity contribution in [3.63, 3.8) is 0 Å². The predicted octanol–water partition coefficient (Wildman–Crippen LogP) is 2.65. The van der Waals surface area contributed by atoms with Crippen LogP contribution in [0.3, 0.4) is 0 Å². The quantitative estimate of drug-likeness (QED) is 0.841. The van der Waals surface area contributed by atoms with E-state index in [1.54, 1.807) is 30.3 Å². The number of aromatic carboxylic acids is 1. The van der Waals surface area contributed by atoms with Crippen molar-refractivity contribution in [3.05, 3.63) is 65.7 Å². The largest absolute Gasteiger partial charge is 0.478 e. The molecule has 1 aliphatic rings. The SMILES string of the molecule is O=C(O)c1ccccc1C(=O)N1CCN(C(=O)N(F)c2ccccc2)CC1. The van der Waals surface area contributed by atoms with Gasteiger partial charge in [-0.25, -0.2) is 9.59 Å². The molecule has 0 atom stereocenters. The second kappa shape index (κ2) is 7.86. The van der Waals surface area contributed by atoms with E-state index in [0.29, 0.717) is 0 Å². The van der Waals surface area contributed by atoms with E-state index in [-0.39, 0.29) is 48.1 Å². The first-order valence-electron chi connectivity index (χ1n) is 8.40. The van der Waals surface area contributed by atoms with Gasteiger partial charge in [0.2, 0.25) is 0 Å². The van der Waals surface area contributed by atoms with E-state index in [4.69, 9.17) is 0 Å². The number of halogens is 1. The van der Waals surface area contributed by atoms with Crippen molar-refractivity contribution in [1.82, 2.24) is 9.80 Å². The smallest absolute Gasteiger partial charge is 0.353 e. The number of benzene rings is 2. The Kier molecular flexibility index (Phi) is 5.35. The molecule has 0 unspecified atom stereocenters. The minimum Gasteiger partial charge on any atom is -0.478 e. The number of carbonyl (C=O) groups excluding carboxylic acids is 2. The Labute approximate surface area is 155 Å². The third-order valence-electron chi connectivity index (χ3n) is 4.38. The molecule has 0 radical (unpaired) electrons. The van der Waals surface area contributed by atoms with Gasteiger partial charge in [-0.05, 0) is 24.3 Å². The van der Waals surface area contributed by atoms with E-state index >= 15 is 0 Å². The molecule has 0 saturated carbocycles. The average Bonchev–Trinajstić information content (AvgIpc) is 2.73. The molecule has 3 rings (SSSR count). The molecule has 3 amide bonds. The zero-order chi connectivity index (χ0) is 19.4. The van der Waals surface area contributed by atoms with E-state index < -0.39 is 17.9 Å². The van der Waals surface area contributed by atoms with E-state index in [9.17, 15) is 24.0 Å². The lowest BCUT2D eigenvalue weighted by Crippen LogP contribution is -2.53. The van der Waals surface area contributed by atoms with Gasteiger partial charge in [0.15, 0.2) is 0 Å². The normalized spacial score (nSPS) is 14.0. The summed E-state index contributed by atoms with van der Waals surface area (Å²) in [5, 5.41) is 9.31. The Hall–Kier alpha value is -3.42. The summed E-state index contributed by atoms with van der Waals surface area (Å²) < 4.78 is 14.3. The van der Waals surface area contributed by atoms with Crippen molar-refractivity contribution in [1.29, 1.82) is 0 Å². The minimum absolute atomic E-state index is 0.0694. The predicted molar refractivity (Wildman–Crippen MR) is 96.3 cm³/mol. The molecule has 2 aromatic rings. The van der Waals surface area contributed by atoms with Gasteiger partial charge in [-0.1, -0.05) is 34.8 Å². The number of hydrogen-bond donors (Lipinski definition) is 1. The van der Waals surface area contributed by atoms with Crippen LogP contribution in [0.2, 0.25) is 0 Å². The molecule has 0 spiro atoms. The molecule has 1 saturated heterocycles. The van der Waals surface area contributed by atoms with Gasteiger partial charge >= 0.3 is 12.0 Å². The van der Waals surface area contributed by atoms with Crippen LogP contribution in [0.1, 0.15) is 20.7 Å². The lowest BCUT2D eigenvalue weighted by Gasteiger charge is -2.35. The van der Waals surface area contributed by atoms with E-state index in [0.717, 1.165) is 0 Å². The number of rotatable bonds is 3. The highest BCUT2D eigenvalue weighted by molar-refractivity contribution is 6.04. The van der Waals surface area contributed by atoms with Crippen LogP contribution >= 0.6 is 0 Å². The first-order chi connectivity index (χ1) is 13.0. The zero-order valence-electron chi connectivity index (χ0n) is 14.4. The molecule has 0 aromatic heterocycles. The van der Waals surface area contributed by atoms with Crippen molar-refractivity contribution in [2.24, 2.45) is 0 Å². The third kappa shape index (κ3) is 3.89. The molecular weight excluding hydrogens is 353 g/mol. The van der Waals surface area contributed by atoms with Crippen LogP contribution in [0, 0.1) is 0 Å². The van der Waals surface area contributed by atoms with Gasteiger partial charge in [-0.2, -0.15) is 0 Å². The molecule has 1 aliphatic heterocycles. The fourth-order valence-corrected chi connectivity index (χ4v) is 2.92. The molecular formula is C19H18FN3O4. The molecule has 8 heteroatoms. The second-order valence-electron chi connectivity index (χ2n) is 6.03. The summed E-state index contributed by atoms with van der Waals surface area (Å²) in [6.45, 7) is 0.711. The standard InChI is InChI=1S/C19H18FN3O4/c20-23(14-6-2-1-3-7-14)19(27)22-12-10-21(11-13-22)17(24)15-8-4-5-9-16(15)18(25)26/h1-9H,10-13H2,(H,25,26). The highest BCUT2D eigenvalue weighted by atomic mass is 19.2. The van der Waals surface area contributed by atoms with Crippen molar-refractivity contribution in [3.8, 4) is 0 Å². The maximum Gasteiger partial charge on any atom is 0.353 e. The first-order valence-corrected chi connectivity index (χ1v) is 8.40. The molecule has 7 nitrogen and oxygen atoms in total. The Bertz CT molecular complexity index is 851. The van der Waals surface area contributed by atoms with Gasteiger partial charge in [0, 0.05) is 26.2 Å². The van der Waals surface area contributed by atoms with Crippen molar-refractivity contribution < 1.29 is 24.0 Å². The van der Waals surface area contributed by atoms with Gasteiger partial charge < -0.3 is 14.9 Å². The summed E-state index contributed by atoms with van der Waals surface area (Å²) in [5.74, 6) is -1.59. The molecule has 1 fully saturated rings. The van der Waals surface area contributed by atoms with Crippen LogP contribution in [-0.4, -0.2) is 59.0 Å². The number of carbonyl (C=O) groups is 3. The van der Waals surface area contributed by atoms with E-state index in [1.807, 2.05) is 0 Å². The van der Waals surface area contributed by atoms with E-state index in [1.165, 1.54) is 34.1 Å². The molecule has 1 N–H and O–H groups in total. The Morgan fingerprint density at radius 2 is 1.33 bits per heavy atom. The van der Waals surface area contributed by atoms with Crippen LogP contribution in [0.5, 0.6) is 0 Å². The lowest BCUT2D eigenvalue weighted by molar-refractivity contribution is 0.0637. The van der Waals surface area contributed by atoms with Crippen molar-refractivity contribution >= 4 is 23.6 Å². The summed E-state index contributed by atoms with van der Waals surface area (Å²) in [6, 6.07) is 13.1.